The van der Waals surface area contributed by atoms with Crippen molar-refractivity contribution in [2.45, 2.75) is 38.8 Å². The first-order valence-electron chi connectivity index (χ1n) is 10.3. The van der Waals surface area contributed by atoms with Crippen LogP contribution < -0.4 is 10.6 Å². The number of benzene rings is 1. The van der Waals surface area contributed by atoms with Crippen LogP contribution in [-0.4, -0.2) is 49.9 Å². The van der Waals surface area contributed by atoms with Crippen molar-refractivity contribution in [1.29, 1.82) is 0 Å². The molecule has 32 heavy (non-hydrogen) atoms. The normalized spacial score (nSPS) is 12.1. The van der Waals surface area contributed by atoms with Crippen molar-refractivity contribution in [3.05, 3.63) is 66.4 Å². The van der Waals surface area contributed by atoms with E-state index in [4.69, 9.17) is 4.74 Å². The van der Waals surface area contributed by atoms with E-state index in [1.165, 1.54) is 0 Å². The van der Waals surface area contributed by atoms with Crippen LogP contribution in [0.5, 0.6) is 0 Å². The predicted octanol–water partition coefficient (Wildman–Crippen LogP) is 2.74. The molecule has 0 saturated carbocycles. The van der Waals surface area contributed by atoms with E-state index in [0.29, 0.717) is 6.42 Å². The fourth-order valence-electron chi connectivity index (χ4n) is 3.08. The Labute approximate surface area is 187 Å². The minimum Gasteiger partial charge on any atom is -0.444 e. The van der Waals surface area contributed by atoms with Gasteiger partial charge in [0.05, 0.1) is 11.7 Å². The molecule has 2 aromatic heterocycles. The van der Waals surface area contributed by atoms with E-state index >= 15 is 0 Å². The summed E-state index contributed by atoms with van der Waals surface area (Å²) in [6.45, 7) is 5.58. The zero-order valence-electron chi connectivity index (χ0n) is 18.7. The Hall–Kier alpha value is -3.75. The monoisotopic (exact) mass is 436 g/mol. The number of hydrogen-bond acceptors (Lipinski definition) is 6. The lowest BCUT2D eigenvalue weighted by Gasteiger charge is -2.22. The van der Waals surface area contributed by atoms with Crippen molar-refractivity contribution in [1.82, 2.24) is 30.4 Å². The fourth-order valence-corrected chi connectivity index (χ4v) is 3.08. The van der Waals surface area contributed by atoms with E-state index in [9.17, 15) is 9.59 Å². The van der Waals surface area contributed by atoms with Crippen LogP contribution in [0.25, 0.3) is 11.3 Å². The van der Waals surface area contributed by atoms with Gasteiger partial charge in [-0.2, -0.15) is 5.10 Å². The second-order valence-electron chi connectivity index (χ2n) is 8.38. The fraction of sp³-hybridized carbons (Fsp3) is 0.348. The minimum atomic E-state index is -0.605. The number of rotatable bonds is 7. The quantitative estimate of drug-likeness (QED) is 0.589. The van der Waals surface area contributed by atoms with E-state index in [1.807, 2.05) is 43.4 Å². The smallest absolute Gasteiger partial charge is 0.407 e. The highest BCUT2D eigenvalue weighted by atomic mass is 16.6. The number of alkyl carbamates (subject to hydrolysis) is 1. The topological polar surface area (TPSA) is 111 Å². The number of aromatic nitrogens is 4. The van der Waals surface area contributed by atoms with Crippen LogP contribution in [0.2, 0.25) is 0 Å². The molecule has 1 atom stereocenters. The van der Waals surface area contributed by atoms with Crippen LogP contribution in [0, 0.1) is 0 Å². The first kappa shape index (κ1) is 22.9. The number of amides is 2. The van der Waals surface area contributed by atoms with Gasteiger partial charge in [-0.3, -0.25) is 9.48 Å². The van der Waals surface area contributed by atoms with Crippen LogP contribution in [-0.2, 0) is 18.2 Å². The lowest BCUT2D eigenvalue weighted by molar-refractivity contribution is 0.0519. The SMILES string of the molecule is Cn1nccc1-c1cnc(C(=O)NC(CNC(=O)OC(C)(C)C)Cc2ccccc2)nc1. The summed E-state index contributed by atoms with van der Waals surface area (Å²) < 4.78 is 7.00. The molecule has 0 spiro atoms. The Bertz CT molecular complexity index is 1040. The second-order valence-corrected chi connectivity index (χ2v) is 8.38. The van der Waals surface area contributed by atoms with E-state index in [-0.39, 0.29) is 18.4 Å². The van der Waals surface area contributed by atoms with Gasteiger partial charge in [0.1, 0.15) is 5.60 Å². The van der Waals surface area contributed by atoms with Gasteiger partial charge in [0.2, 0.25) is 5.82 Å². The van der Waals surface area contributed by atoms with E-state index < -0.39 is 17.6 Å². The molecule has 2 amide bonds. The molecular formula is C23H28N6O3. The molecule has 3 rings (SSSR count). The summed E-state index contributed by atoms with van der Waals surface area (Å²) in [6, 6.07) is 11.2. The Morgan fingerprint density at radius 3 is 2.38 bits per heavy atom. The standard InChI is InChI=1S/C23H28N6O3/c1-23(2,3)32-22(31)26-15-18(12-16-8-6-5-7-9-16)28-21(30)20-24-13-17(14-25-20)19-10-11-27-29(19)4/h5-11,13-14,18H,12,15H2,1-4H3,(H,26,31)(H,28,30). The molecule has 9 nitrogen and oxygen atoms in total. The predicted molar refractivity (Wildman–Crippen MR) is 120 cm³/mol. The zero-order valence-corrected chi connectivity index (χ0v) is 18.7. The average Bonchev–Trinajstić information content (AvgIpc) is 3.17. The summed E-state index contributed by atoms with van der Waals surface area (Å²) in [6.07, 6.45) is 4.84. The van der Waals surface area contributed by atoms with Crippen LogP contribution in [0.4, 0.5) is 4.79 Å². The molecule has 0 fully saturated rings. The van der Waals surface area contributed by atoms with Crippen molar-refractivity contribution in [3.8, 4) is 11.3 Å². The number of carbonyl (C=O) groups is 2. The van der Waals surface area contributed by atoms with Crippen molar-refractivity contribution in [2.24, 2.45) is 7.05 Å². The minimum absolute atomic E-state index is 0.0475. The largest absolute Gasteiger partial charge is 0.444 e. The molecule has 9 heteroatoms. The maximum Gasteiger partial charge on any atom is 0.407 e. The first-order valence-corrected chi connectivity index (χ1v) is 10.3. The molecule has 0 radical (unpaired) electrons. The van der Waals surface area contributed by atoms with Gasteiger partial charge >= 0.3 is 6.09 Å². The number of aryl methyl sites for hydroxylation is 1. The van der Waals surface area contributed by atoms with Crippen LogP contribution >= 0.6 is 0 Å². The molecule has 3 aromatic rings. The van der Waals surface area contributed by atoms with Crippen molar-refractivity contribution >= 4 is 12.0 Å². The average molecular weight is 437 g/mol. The third-order valence-electron chi connectivity index (χ3n) is 4.52. The summed E-state index contributed by atoms with van der Waals surface area (Å²) in [7, 11) is 1.82. The Balaban J connectivity index is 1.68. The van der Waals surface area contributed by atoms with Gasteiger partial charge in [-0.1, -0.05) is 30.3 Å². The summed E-state index contributed by atoms with van der Waals surface area (Å²) in [5, 5.41) is 9.76. The number of nitrogens with zero attached hydrogens (tertiary/aromatic N) is 4. The van der Waals surface area contributed by atoms with Crippen LogP contribution in [0.1, 0.15) is 37.0 Å². The van der Waals surface area contributed by atoms with Crippen LogP contribution in [0.15, 0.2) is 55.0 Å². The first-order chi connectivity index (χ1) is 15.2. The second kappa shape index (κ2) is 10.0. The zero-order chi connectivity index (χ0) is 23.1. The molecule has 0 aliphatic rings. The molecule has 168 valence electrons. The summed E-state index contributed by atoms with van der Waals surface area (Å²) in [5.41, 5.74) is 2.02. The number of carbonyl (C=O) groups excluding carboxylic acids is 2. The lowest BCUT2D eigenvalue weighted by atomic mass is 10.1. The Morgan fingerprint density at radius 1 is 1.09 bits per heavy atom. The summed E-state index contributed by atoms with van der Waals surface area (Å²) in [4.78, 5) is 33.3. The molecule has 2 N–H and O–H groups in total. The summed E-state index contributed by atoms with van der Waals surface area (Å²) in [5.74, 6) is -0.375. The van der Waals surface area contributed by atoms with Gasteiger partial charge in [-0.25, -0.2) is 14.8 Å². The maximum absolute atomic E-state index is 12.8. The van der Waals surface area contributed by atoms with Crippen molar-refractivity contribution < 1.29 is 14.3 Å². The van der Waals surface area contributed by atoms with Gasteiger partial charge in [-0.05, 0) is 38.8 Å². The highest BCUT2D eigenvalue weighted by molar-refractivity contribution is 5.90. The Morgan fingerprint density at radius 2 is 1.78 bits per heavy atom. The maximum atomic E-state index is 12.8. The van der Waals surface area contributed by atoms with E-state index in [2.05, 4.69) is 25.7 Å². The lowest BCUT2D eigenvalue weighted by Crippen LogP contribution is -2.46. The van der Waals surface area contributed by atoms with E-state index in [0.717, 1.165) is 16.8 Å². The van der Waals surface area contributed by atoms with E-state index in [1.54, 1.807) is 44.0 Å². The molecule has 1 unspecified atom stereocenters. The third-order valence-corrected chi connectivity index (χ3v) is 4.52. The molecule has 2 heterocycles. The molecule has 0 saturated heterocycles. The van der Waals surface area contributed by atoms with Gasteiger partial charge in [0.25, 0.3) is 5.91 Å². The van der Waals surface area contributed by atoms with Crippen molar-refractivity contribution in [3.63, 3.8) is 0 Å². The molecule has 1 aromatic carbocycles. The van der Waals surface area contributed by atoms with Gasteiger partial charge in [0.15, 0.2) is 0 Å². The number of hydrogen-bond donors (Lipinski definition) is 2. The Kier molecular flexibility index (Phi) is 7.19. The summed E-state index contributed by atoms with van der Waals surface area (Å²) >= 11 is 0. The van der Waals surface area contributed by atoms with Gasteiger partial charge < -0.3 is 15.4 Å². The van der Waals surface area contributed by atoms with Gasteiger partial charge in [-0.15, -0.1) is 0 Å². The highest BCUT2D eigenvalue weighted by Crippen LogP contribution is 2.15. The molecule has 0 aliphatic carbocycles. The molecule has 0 aliphatic heterocycles. The molecular weight excluding hydrogens is 408 g/mol. The van der Waals surface area contributed by atoms with Crippen LogP contribution in [0.3, 0.4) is 0 Å². The van der Waals surface area contributed by atoms with Gasteiger partial charge in [0, 0.05) is 37.7 Å². The number of nitrogens with one attached hydrogen (secondary N) is 2. The van der Waals surface area contributed by atoms with Crippen molar-refractivity contribution in [2.75, 3.05) is 6.54 Å². The highest BCUT2D eigenvalue weighted by Gasteiger charge is 2.20. The third kappa shape index (κ3) is 6.63. The molecule has 0 bridgehead atoms. The number of ether oxygens (including phenoxy) is 1.